The topological polar surface area (TPSA) is 100 Å². The Morgan fingerprint density at radius 3 is 2.47 bits per heavy atom. The molecule has 1 aromatic rings. The quantitative estimate of drug-likeness (QED) is 0.475. The number of hydrogen-bond acceptors (Lipinski definition) is 8. The number of dihydropyridines is 1. The molecule has 1 aliphatic heterocycles. The van der Waals surface area contributed by atoms with E-state index < -0.39 is 23.8 Å². The van der Waals surface area contributed by atoms with Gasteiger partial charge in [0.15, 0.2) is 5.78 Å². The van der Waals surface area contributed by atoms with Gasteiger partial charge in [0.2, 0.25) is 0 Å². The normalized spacial score (nSPS) is 23.0. The number of carbonyl (C=O) groups excluding carboxylic acids is 3. The van der Waals surface area contributed by atoms with Crippen molar-refractivity contribution >= 4 is 17.7 Å². The lowest BCUT2D eigenvalue weighted by Crippen LogP contribution is -2.43. The Kier molecular flexibility index (Phi) is 7.69. The molecule has 1 aliphatic carbocycles. The predicted octanol–water partition coefficient (Wildman–Crippen LogP) is 3.66. The smallest absolute Gasteiger partial charge is 0.337 e. The van der Waals surface area contributed by atoms with E-state index in [1.807, 2.05) is 20.8 Å². The summed E-state index contributed by atoms with van der Waals surface area (Å²) in [5.74, 6) is -2.48. The van der Waals surface area contributed by atoms with Crippen molar-refractivity contribution < 1.29 is 33.3 Å². The summed E-state index contributed by atoms with van der Waals surface area (Å²) in [4.78, 5) is 39.8. The van der Waals surface area contributed by atoms with E-state index in [1.165, 1.54) is 14.2 Å². The second-order valence-electron chi connectivity index (χ2n) is 8.77. The zero-order valence-corrected chi connectivity index (χ0v) is 20.8. The zero-order valence-electron chi connectivity index (χ0n) is 20.8. The number of esters is 2. The molecule has 0 saturated carbocycles. The molecule has 0 aromatic heterocycles. The molecule has 4 atom stereocenters. The monoisotopic (exact) mass is 471 g/mol. The standard InChI is InChI=1S/C26H33NO7/c1-8-14(3)34-26(30)21-15(4)27-18-11-13(2)20(25(29)33-7)24(28)23(18)22(21)17-12-16(31-5)9-10-19(17)32-6/h9-10,12-14,20,22,27H,8,11H2,1-7H3/t13-,14-,20+,22+/m0/s1. The van der Waals surface area contributed by atoms with E-state index in [4.69, 9.17) is 18.9 Å². The molecule has 1 aromatic carbocycles. The molecule has 3 rings (SSSR count). The summed E-state index contributed by atoms with van der Waals surface area (Å²) in [5.41, 5.74) is 2.51. The van der Waals surface area contributed by atoms with E-state index >= 15 is 0 Å². The van der Waals surface area contributed by atoms with Crippen molar-refractivity contribution in [3.63, 3.8) is 0 Å². The summed E-state index contributed by atoms with van der Waals surface area (Å²) in [6, 6.07) is 5.23. The van der Waals surface area contributed by atoms with Crippen LogP contribution in [-0.2, 0) is 23.9 Å². The van der Waals surface area contributed by atoms with Gasteiger partial charge in [-0.2, -0.15) is 0 Å². The molecule has 0 radical (unpaired) electrons. The number of allylic oxidation sites excluding steroid dienone is 3. The average molecular weight is 472 g/mol. The summed E-state index contributed by atoms with van der Waals surface area (Å²) in [5, 5.41) is 3.26. The second-order valence-corrected chi connectivity index (χ2v) is 8.77. The first kappa shape index (κ1) is 25.3. The molecule has 8 heteroatoms. The van der Waals surface area contributed by atoms with Gasteiger partial charge in [-0.05, 0) is 50.8 Å². The van der Waals surface area contributed by atoms with E-state index in [9.17, 15) is 14.4 Å². The van der Waals surface area contributed by atoms with Gasteiger partial charge in [-0.15, -0.1) is 0 Å². The molecule has 184 valence electrons. The lowest BCUT2D eigenvalue weighted by molar-refractivity contribution is -0.151. The molecule has 1 N–H and O–H groups in total. The summed E-state index contributed by atoms with van der Waals surface area (Å²) in [6.45, 7) is 7.38. The average Bonchev–Trinajstić information content (AvgIpc) is 2.82. The Hall–Kier alpha value is -3.29. The van der Waals surface area contributed by atoms with Crippen molar-refractivity contribution in [2.45, 2.75) is 52.6 Å². The van der Waals surface area contributed by atoms with Gasteiger partial charge < -0.3 is 24.3 Å². The zero-order chi connectivity index (χ0) is 25.2. The van der Waals surface area contributed by atoms with Gasteiger partial charge in [0, 0.05) is 22.5 Å². The van der Waals surface area contributed by atoms with Gasteiger partial charge in [0.1, 0.15) is 17.4 Å². The van der Waals surface area contributed by atoms with Crippen LogP contribution in [0.25, 0.3) is 0 Å². The Labute approximate surface area is 200 Å². The van der Waals surface area contributed by atoms with E-state index in [1.54, 1.807) is 32.2 Å². The molecule has 1 heterocycles. The highest BCUT2D eigenvalue weighted by Gasteiger charge is 2.48. The van der Waals surface area contributed by atoms with Gasteiger partial charge in [0.25, 0.3) is 0 Å². The predicted molar refractivity (Wildman–Crippen MR) is 125 cm³/mol. The van der Waals surface area contributed by atoms with Crippen LogP contribution in [0, 0.1) is 11.8 Å². The lowest BCUT2D eigenvalue weighted by Gasteiger charge is -2.38. The highest BCUT2D eigenvalue weighted by molar-refractivity contribution is 6.12. The third-order valence-electron chi connectivity index (χ3n) is 6.59. The van der Waals surface area contributed by atoms with Crippen molar-refractivity contribution in [2.24, 2.45) is 11.8 Å². The molecular formula is C26H33NO7. The fourth-order valence-corrected chi connectivity index (χ4v) is 4.66. The Morgan fingerprint density at radius 2 is 1.88 bits per heavy atom. The maximum atomic E-state index is 13.8. The SMILES string of the molecule is CC[C@H](C)OC(=O)C1=C(C)NC2=C(C(=O)[C@H](C(=O)OC)[C@@H](C)C2)[C@@H]1c1cc(OC)ccc1OC. The third-order valence-corrected chi connectivity index (χ3v) is 6.59. The highest BCUT2D eigenvalue weighted by Crippen LogP contribution is 2.48. The lowest BCUT2D eigenvalue weighted by atomic mass is 9.69. The number of carbonyl (C=O) groups is 3. The van der Waals surface area contributed by atoms with Crippen LogP contribution >= 0.6 is 0 Å². The molecule has 0 fully saturated rings. The fourth-order valence-electron chi connectivity index (χ4n) is 4.66. The minimum atomic E-state index is -0.963. The van der Waals surface area contributed by atoms with Crippen LogP contribution in [0.2, 0.25) is 0 Å². The first-order valence-corrected chi connectivity index (χ1v) is 11.4. The van der Waals surface area contributed by atoms with Crippen LogP contribution < -0.4 is 14.8 Å². The molecule has 2 aliphatic rings. The number of ether oxygens (including phenoxy) is 4. The molecule has 8 nitrogen and oxygen atoms in total. The number of hydrogen-bond donors (Lipinski definition) is 1. The van der Waals surface area contributed by atoms with Crippen molar-refractivity contribution in [1.29, 1.82) is 0 Å². The molecular weight excluding hydrogens is 438 g/mol. The van der Waals surface area contributed by atoms with E-state index in [0.29, 0.717) is 52.4 Å². The van der Waals surface area contributed by atoms with Crippen molar-refractivity contribution in [3.05, 3.63) is 46.3 Å². The van der Waals surface area contributed by atoms with E-state index in [-0.39, 0.29) is 17.8 Å². The van der Waals surface area contributed by atoms with Gasteiger partial charge in [-0.1, -0.05) is 13.8 Å². The number of ketones is 1. The number of rotatable bonds is 7. The largest absolute Gasteiger partial charge is 0.497 e. The van der Waals surface area contributed by atoms with Gasteiger partial charge >= 0.3 is 11.9 Å². The third kappa shape index (κ3) is 4.54. The number of benzene rings is 1. The van der Waals surface area contributed by atoms with Crippen LogP contribution in [0.1, 0.15) is 52.0 Å². The van der Waals surface area contributed by atoms with Gasteiger partial charge in [-0.25, -0.2) is 4.79 Å². The van der Waals surface area contributed by atoms with E-state index in [0.717, 1.165) is 0 Å². The molecule has 0 spiro atoms. The number of methoxy groups -OCH3 is 3. The van der Waals surface area contributed by atoms with Crippen molar-refractivity contribution in [2.75, 3.05) is 21.3 Å². The van der Waals surface area contributed by atoms with Crippen LogP contribution in [-0.4, -0.2) is 45.2 Å². The Morgan fingerprint density at radius 1 is 1.18 bits per heavy atom. The Balaban J connectivity index is 2.26. The summed E-state index contributed by atoms with van der Waals surface area (Å²) < 4.78 is 21.7. The van der Waals surface area contributed by atoms with Crippen LogP contribution in [0.4, 0.5) is 0 Å². The van der Waals surface area contributed by atoms with Crippen molar-refractivity contribution in [3.8, 4) is 11.5 Å². The molecule has 0 unspecified atom stereocenters. The van der Waals surface area contributed by atoms with Gasteiger partial charge in [-0.3, -0.25) is 9.59 Å². The molecule has 0 amide bonds. The maximum Gasteiger partial charge on any atom is 0.337 e. The number of nitrogens with one attached hydrogen (secondary N) is 1. The second kappa shape index (κ2) is 10.3. The molecule has 0 bridgehead atoms. The summed E-state index contributed by atoms with van der Waals surface area (Å²) in [6.07, 6.45) is 0.795. The minimum absolute atomic E-state index is 0.263. The minimum Gasteiger partial charge on any atom is -0.497 e. The first-order chi connectivity index (χ1) is 16.2. The Bertz CT molecular complexity index is 1060. The molecule has 0 saturated heterocycles. The van der Waals surface area contributed by atoms with E-state index in [2.05, 4.69) is 5.32 Å². The highest BCUT2D eigenvalue weighted by atomic mass is 16.5. The van der Waals surface area contributed by atoms with Crippen molar-refractivity contribution in [1.82, 2.24) is 5.32 Å². The van der Waals surface area contributed by atoms with Crippen LogP contribution in [0.5, 0.6) is 11.5 Å². The van der Waals surface area contributed by atoms with Crippen LogP contribution in [0.15, 0.2) is 40.7 Å². The first-order valence-electron chi connectivity index (χ1n) is 11.4. The summed E-state index contributed by atoms with van der Waals surface area (Å²) in [7, 11) is 4.34. The maximum absolute atomic E-state index is 13.8. The fraction of sp³-hybridized carbons (Fsp3) is 0.500. The number of Topliss-reactive ketones (excluding diaryl/α,β-unsaturated/α-hetero) is 1. The molecule has 34 heavy (non-hydrogen) atoms. The van der Waals surface area contributed by atoms with Crippen LogP contribution in [0.3, 0.4) is 0 Å². The summed E-state index contributed by atoms with van der Waals surface area (Å²) >= 11 is 0. The van der Waals surface area contributed by atoms with Gasteiger partial charge in [0.05, 0.1) is 38.9 Å².